The smallest absolute Gasteiger partial charge is 0.292 e. The molecule has 150 valence electrons. The lowest BCUT2D eigenvalue weighted by Crippen LogP contribution is -2.14. The maximum absolute atomic E-state index is 11.6. The van der Waals surface area contributed by atoms with E-state index in [0.717, 1.165) is 36.3 Å². The molecule has 0 aliphatic heterocycles. The monoisotopic (exact) mass is 390 g/mol. The number of hydrogen-bond acceptors (Lipinski definition) is 5. The van der Waals surface area contributed by atoms with Crippen LogP contribution in [0.3, 0.4) is 0 Å². The standard InChI is InChI=1S/C23H26N4O2/c1-24-15-8-16-25-20-13-14-22(27(28)29)21(17-20)26-23(18-9-4-2-5-10-18)19-11-6-3-7-12-19/h2-7,9-14,17,23-26H,8,15-16H2,1H3. The van der Waals surface area contributed by atoms with Gasteiger partial charge < -0.3 is 16.0 Å². The average Bonchev–Trinajstić information content (AvgIpc) is 2.76. The Morgan fingerprint density at radius 2 is 1.52 bits per heavy atom. The van der Waals surface area contributed by atoms with Gasteiger partial charge in [0, 0.05) is 18.3 Å². The van der Waals surface area contributed by atoms with Gasteiger partial charge in [-0.2, -0.15) is 0 Å². The SMILES string of the molecule is CNCCCNc1ccc([N+](=O)[O-])c(NC(c2ccccc2)c2ccccc2)c1. The summed E-state index contributed by atoms with van der Waals surface area (Å²) in [7, 11) is 1.92. The molecule has 3 N–H and O–H groups in total. The molecule has 3 aromatic carbocycles. The fourth-order valence-corrected chi connectivity index (χ4v) is 3.22. The maximum atomic E-state index is 11.6. The van der Waals surface area contributed by atoms with Crippen LogP contribution < -0.4 is 16.0 Å². The number of nitrogens with zero attached hydrogens (tertiary/aromatic N) is 1. The van der Waals surface area contributed by atoms with Crippen molar-refractivity contribution in [1.29, 1.82) is 0 Å². The van der Waals surface area contributed by atoms with Gasteiger partial charge in [-0.3, -0.25) is 10.1 Å². The van der Waals surface area contributed by atoms with Crippen molar-refractivity contribution in [1.82, 2.24) is 5.32 Å². The molecule has 0 unspecified atom stereocenters. The third-order valence-electron chi connectivity index (χ3n) is 4.69. The zero-order valence-electron chi connectivity index (χ0n) is 16.5. The second-order valence-electron chi connectivity index (χ2n) is 6.77. The van der Waals surface area contributed by atoms with E-state index in [1.807, 2.05) is 73.8 Å². The van der Waals surface area contributed by atoms with Gasteiger partial charge in [-0.05, 0) is 43.3 Å². The Hall–Kier alpha value is -3.38. The van der Waals surface area contributed by atoms with Crippen LogP contribution in [0.1, 0.15) is 23.6 Å². The molecule has 3 rings (SSSR count). The molecule has 0 atom stereocenters. The van der Waals surface area contributed by atoms with Gasteiger partial charge in [0.1, 0.15) is 5.69 Å². The van der Waals surface area contributed by atoms with Gasteiger partial charge in [-0.25, -0.2) is 0 Å². The molecule has 0 aromatic heterocycles. The summed E-state index contributed by atoms with van der Waals surface area (Å²) >= 11 is 0. The number of nitrogens with one attached hydrogen (secondary N) is 3. The van der Waals surface area contributed by atoms with Crippen molar-refractivity contribution in [2.45, 2.75) is 12.5 Å². The molecule has 0 aliphatic rings. The van der Waals surface area contributed by atoms with E-state index in [-0.39, 0.29) is 16.7 Å². The topological polar surface area (TPSA) is 79.2 Å². The Morgan fingerprint density at radius 1 is 0.897 bits per heavy atom. The molecule has 3 aromatic rings. The average molecular weight is 390 g/mol. The molecule has 0 saturated heterocycles. The molecule has 0 heterocycles. The Bertz CT molecular complexity index is 877. The highest BCUT2D eigenvalue weighted by Gasteiger charge is 2.20. The quantitative estimate of drug-likeness (QED) is 0.263. The van der Waals surface area contributed by atoms with Gasteiger partial charge in [0.2, 0.25) is 0 Å². The number of rotatable bonds is 10. The van der Waals surface area contributed by atoms with Crippen molar-refractivity contribution in [3.8, 4) is 0 Å². The molecule has 0 spiro atoms. The summed E-state index contributed by atoms with van der Waals surface area (Å²) in [6, 6.07) is 24.8. The van der Waals surface area contributed by atoms with Crippen molar-refractivity contribution < 1.29 is 4.92 Å². The highest BCUT2D eigenvalue weighted by Crippen LogP contribution is 2.33. The molecular formula is C23H26N4O2. The van der Waals surface area contributed by atoms with E-state index in [4.69, 9.17) is 0 Å². The van der Waals surface area contributed by atoms with E-state index in [9.17, 15) is 10.1 Å². The first kappa shape index (κ1) is 20.4. The Labute approximate surface area is 171 Å². The summed E-state index contributed by atoms with van der Waals surface area (Å²) in [4.78, 5) is 11.3. The van der Waals surface area contributed by atoms with Crippen LogP contribution in [0.4, 0.5) is 17.1 Å². The molecule has 0 aliphatic carbocycles. The molecule has 6 nitrogen and oxygen atoms in total. The number of anilines is 2. The van der Waals surface area contributed by atoms with Crippen LogP contribution in [0.15, 0.2) is 78.9 Å². The van der Waals surface area contributed by atoms with E-state index in [1.54, 1.807) is 12.1 Å². The Balaban J connectivity index is 1.92. The minimum Gasteiger partial charge on any atom is -0.385 e. The third kappa shape index (κ3) is 5.56. The molecular weight excluding hydrogens is 364 g/mol. The summed E-state index contributed by atoms with van der Waals surface area (Å²) in [5.41, 5.74) is 3.49. The van der Waals surface area contributed by atoms with E-state index < -0.39 is 0 Å². The molecule has 0 fully saturated rings. The predicted molar refractivity (Wildman–Crippen MR) is 118 cm³/mol. The first-order valence-corrected chi connectivity index (χ1v) is 9.72. The summed E-state index contributed by atoms with van der Waals surface area (Å²) in [5.74, 6) is 0. The van der Waals surface area contributed by atoms with E-state index in [2.05, 4.69) is 16.0 Å². The van der Waals surface area contributed by atoms with Crippen molar-refractivity contribution in [3.05, 3.63) is 100 Å². The van der Waals surface area contributed by atoms with Crippen LogP contribution in [0.2, 0.25) is 0 Å². The fraction of sp³-hybridized carbons (Fsp3) is 0.217. The van der Waals surface area contributed by atoms with Gasteiger partial charge in [-0.1, -0.05) is 60.7 Å². The minimum atomic E-state index is -0.347. The van der Waals surface area contributed by atoms with E-state index >= 15 is 0 Å². The van der Waals surface area contributed by atoms with Crippen LogP contribution in [-0.2, 0) is 0 Å². The van der Waals surface area contributed by atoms with Crippen molar-refractivity contribution >= 4 is 17.1 Å². The minimum absolute atomic E-state index is 0.0580. The second kappa shape index (κ2) is 10.2. The molecule has 0 bridgehead atoms. The summed E-state index contributed by atoms with van der Waals surface area (Å²) in [5, 5.41) is 21.5. The zero-order valence-corrected chi connectivity index (χ0v) is 16.5. The fourth-order valence-electron chi connectivity index (χ4n) is 3.22. The van der Waals surface area contributed by atoms with Gasteiger partial charge >= 0.3 is 0 Å². The van der Waals surface area contributed by atoms with Crippen LogP contribution in [0, 0.1) is 10.1 Å². The lowest BCUT2D eigenvalue weighted by molar-refractivity contribution is -0.384. The van der Waals surface area contributed by atoms with Crippen molar-refractivity contribution in [2.75, 3.05) is 30.8 Å². The highest BCUT2D eigenvalue weighted by molar-refractivity contribution is 5.69. The van der Waals surface area contributed by atoms with Gasteiger partial charge in [-0.15, -0.1) is 0 Å². The predicted octanol–water partition coefficient (Wildman–Crippen LogP) is 4.82. The summed E-state index contributed by atoms with van der Waals surface area (Å²) < 4.78 is 0. The number of nitro benzene ring substituents is 1. The van der Waals surface area contributed by atoms with Crippen LogP contribution >= 0.6 is 0 Å². The van der Waals surface area contributed by atoms with Gasteiger partial charge in [0.05, 0.1) is 11.0 Å². The van der Waals surface area contributed by atoms with Crippen LogP contribution in [0.25, 0.3) is 0 Å². The summed E-state index contributed by atoms with van der Waals surface area (Å²) in [6.45, 7) is 1.70. The molecule has 0 radical (unpaired) electrons. The molecule has 6 heteroatoms. The first-order valence-electron chi connectivity index (χ1n) is 9.72. The lowest BCUT2D eigenvalue weighted by Gasteiger charge is -2.21. The van der Waals surface area contributed by atoms with Crippen LogP contribution in [0.5, 0.6) is 0 Å². The number of nitro groups is 1. The molecule has 0 saturated carbocycles. The molecule has 0 amide bonds. The van der Waals surface area contributed by atoms with Crippen LogP contribution in [-0.4, -0.2) is 25.1 Å². The Kier molecular flexibility index (Phi) is 7.19. The second-order valence-corrected chi connectivity index (χ2v) is 6.77. The number of hydrogen-bond donors (Lipinski definition) is 3. The highest BCUT2D eigenvalue weighted by atomic mass is 16.6. The lowest BCUT2D eigenvalue weighted by atomic mass is 9.98. The van der Waals surface area contributed by atoms with E-state index in [1.165, 1.54) is 0 Å². The zero-order chi connectivity index (χ0) is 20.5. The van der Waals surface area contributed by atoms with Gasteiger partial charge in [0.15, 0.2) is 0 Å². The van der Waals surface area contributed by atoms with Gasteiger partial charge in [0.25, 0.3) is 5.69 Å². The number of benzene rings is 3. The third-order valence-corrected chi connectivity index (χ3v) is 4.69. The maximum Gasteiger partial charge on any atom is 0.292 e. The largest absolute Gasteiger partial charge is 0.385 e. The normalized spacial score (nSPS) is 10.7. The van der Waals surface area contributed by atoms with Crippen molar-refractivity contribution in [2.24, 2.45) is 0 Å². The van der Waals surface area contributed by atoms with Crippen molar-refractivity contribution in [3.63, 3.8) is 0 Å². The summed E-state index contributed by atoms with van der Waals surface area (Å²) in [6.07, 6.45) is 0.965. The Morgan fingerprint density at radius 3 is 2.07 bits per heavy atom. The first-order chi connectivity index (χ1) is 14.2. The molecule has 29 heavy (non-hydrogen) atoms. The van der Waals surface area contributed by atoms with E-state index in [0.29, 0.717) is 5.69 Å².